The fraction of sp³-hybridized carbons (Fsp3) is 0.0370. The number of anilines is 1. The number of aryl methyl sites for hydroxylation is 1. The van der Waals surface area contributed by atoms with Crippen LogP contribution in [0.15, 0.2) is 84.0 Å². The Morgan fingerprint density at radius 1 is 0.889 bits per heavy atom. The van der Waals surface area contributed by atoms with Crippen molar-refractivity contribution in [3.05, 3.63) is 106 Å². The monoisotopic (exact) mass is 519 g/mol. The standard InChI is InChI=1S/C27H19Cl2N3O4/c1-16-5-4-7-18(13-16)27(35)36-24-12-9-17-6-2-3-8-20(17)21(24)15-30-32-26(34)25(33)31-23-14-19(28)10-11-22(23)29/h2-15H,1H3,(H,31,33)(H,32,34)/b30-15+. The summed E-state index contributed by atoms with van der Waals surface area (Å²) in [5.41, 5.74) is 4.13. The molecule has 0 saturated heterocycles. The van der Waals surface area contributed by atoms with E-state index < -0.39 is 17.8 Å². The van der Waals surface area contributed by atoms with Crippen LogP contribution in [0.25, 0.3) is 10.8 Å². The average molecular weight is 520 g/mol. The van der Waals surface area contributed by atoms with E-state index in [4.69, 9.17) is 27.9 Å². The maximum Gasteiger partial charge on any atom is 0.343 e. The number of hydrogen-bond acceptors (Lipinski definition) is 5. The number of carbonyl (C=O) groups excluding carboxylic acids is 3. The van der Waals surface area contributed by atoms with Gasteiger partial charge in [-0.2, -0.15) is 5.10 Å². The number of halogens is 2. The molecule has 0 aliphatic rings. The number of benzene rings is 4. The lowest BCUT2D eigenvalue weighted by Gasteiger charge is -2.11. The van der Waals surface area contributed by atoms with Gasteiger partial charge in [0.25, 0.3) is 0 Å². The van der Waals surface area contributed by atoms with Gasteiger partial charge in [0.1, 0.15) is 5.75 Å². The van der Waals surface area contributed by atoms with Gasteiger partial charge >= 0.3 is 17.8 Å². The third-order valence-electron chi connectivity index (χ3n) is 5.13. The van der Waals surface area contributed by atoms with Gasteiger partial charge in [0, 0.05) is 10.6 Å². The van der Waals surface area contributed by atoms with Gasteiger partial charge in [-0.3, -0.25) is 9.59 Å². The van der Waals surface area contributed by atoms with E-state index in [9.17, 15) is 14.4 Å². The summed E-state index contributed by atoms with van der Waals surface area (Å²) in [7, 11) is 0. The number of carbonyl (C=O) groups is 3. The normalized spacial score (nSPS) is 10.9. The molecule has 4 rings (SSSR count). The molecular weight excluding hydrogens is 501 g/mol. The molecule has 0 heterocycles. The molecule has 0 aromatic heterocycles. The summed E-state index contributed by atoms with van der Waals surface area (Å²) in [6.45, 7) is 1.88. The van der Waals surface area contributed by atoms with Gasteiger partial charge in [0.15, 0.2) is 0 Å². The molecule has 0 atom stereocenters. The van der Waals surface area contributed by atoms with Crippen LogP contribution in [0.4, 0.5) is 5.69 Å². The molecule has 180 valence electrons. The summed E-state index contributed by atoms with van der Waals surface area (Å²) in [5, 5.41) is 8.46. The van der Waals surface area contributed by atoms with Gasteiger partial charge in [-0.05, 0) is 54.1 Å². The summed E-state index contributed by atoms with van der Waals surface area (Å²) in [6.07, 6.45) is 1.32. The van der Waals surface area contributed by atoms with Crippen LogP contribution in [0.2, 0.25) is 10.0 Å². The summed E-state index contributed by atoms with van der Waals surface area (Å²) < 4.78 is 5.65. The highest BCUT2D eigenvalue weighted by atomic mass is 35.5. The molecule has 0 radical (unpaired) electrons. The molecule has 2 N–H and O–H groups in total. The molecule has 0 fully saturated rings. The Balaban J connectivity index is 1.55. The Hall–Kier alpha value is -4.20. The van der Waals surface area contributed by atoms with Crippen molar-refractivity contribution in [2.45, 2.75) is 6.92 Å². The highest BCUT2D eigenvalue weighted by molar-refractivity contribution is 6.42. The maximum atomic E-state index is 12.7. The van der Waals surface area contributed by atoms with Crippen LogP contribution in [0.5, 0.6) is 5.75 Å². The Labute approximate surface area is 216 Å². The molecule has 0 bridgehead atoms. The SMILES string of the molecule is Cc1cccc(C(=O)Oc2ccc3ccccc3c2/C=N/NC(=O)C(=O)Nc2cc(Cl)ccc2Cl)c1. The molecule has 4 aromatic carbocycles. The second-order valence-electron chi connectivity index (χ2n) is 7.73. The summed E-state index contributed by atoms with van der Waals surface area (Å²) >= 11 is 11.9. The van der Waals surface area contributed by atoms with Crippen molar-refractivity contribution in [1.29, 1.82) is 0 Å². The quantitative estimate of drug-likeness (QED) is 0.115. The third-order valence-corrected chi connectivity index (χ3v) is 5.69. The minimum absolute atomic E-state index is 0.188. The van der Waals surface area contributed by atoms with E-state index in [-0.39, 0.29) is 16.5 Å². The first-order valence-corrected chi connectivity index (χ1v) is 11.5. The van der Waals surface area contributed by atoms with E-state index in [0.29, 0.717) is 16.1 Å². The first-order valence-electron chi connectivity index (χ1n) is 10.7. The zero-order valence-corrected chi connectivity index (χ0v) is 20.4. The Morgan fingerprint density at radius 2 is 1.69 bits per heavy atom. The molecule has 7 nitrogen and oxygen atoms in total. The lowest BCUT2D eigenvalue weighted by atomic mass is 10.0. The van der Waals surface area contributed by atoms with Crippen molar-refractivity contribution < 1.29 is 19.1 Å². The van der Waals surface area contributed by atoms with Gasteiger partial charge in [-0.1, -0.05) is 71.2 Å². The number of hydrazone groups is 1. The predicted octanol–water partition coefficient (Wildman–Crippen LogP) is 5.76. The zero-order chi connectivity index (χ0) is 25.7. The number of esters is 1. The van der Waals surface area contributed by atoms with Gasteiger partial charge < -0.3 is 10.1 Å². The summed E-state index contributed by atoms with van der Waals surface area (Å²) in [5.74, 6) is -2.31. The molecule has 0 aliphatic carbocycles. The molecule has 0 saturated carbocycles. The number of nitrogens with zero attached hydrogens (tertiary/aromatic N) is 1. The lowest BCUT2D eigenvalue weighted by molar-refractivity contribution is -0.136. The molecule has 4 aromatic rings. The van der Waals surface area contributed by atoms with Crippen LogP contribution in [0.1, 0.15) is 21.5 Å². The minimum atomic E-state index is -1.03. The Kier molecular flexibility index (Phi) is 7.63. The largest absolute Gasteiger partial charge is 0.422 e. The van der Waals surface area contributed by atoms with Crippen molar-refractivity contribution in [3.63, 3.8) is 0 Å². The number of rotatable bonds is 5. The first kappa shape index (κ1) is 24.9. The summed E-state index contributed by atoms with van der Waals surface area (Å²) in [6, 6.07) is 22.4. The second-order valence-corrected chi connectivity index (χ2v) is 8.58. The molecule has 2 amide bonds. The van der Waals surface area contributed by atoms with E-state index in [2.05, 4.69) is 15.8 Å². The van der Waals surface area contributed by atoms with Crippen LogP contribution < -0.4 is 15.5 Å². The van der Waals surface area contributed by atoms with Crippen molar-refractivity contribution in [3.8, 4) is 5.75 Å². The predicted molar refractivity (Wildman–Crippen MR) is 141 cm³/mol. The zero-order valence-electron chi connectivity index (χ0n) is 18.9. The third kappa shape index (κ3) is 5.89. The van der Waals surface area contributed by atoms with Gasteiger partial charge in [-0.25, -0.2) is 10.2 Å². The molecule has 36 heavy (non-hydrogen) atoms. The highest BCUT2D eigenvalue weighted by Gasteiger charge is 2.16. The highest BCUT2D eigenvalue weighted by Crippen LogP contribution is 2.28. The number of fused-ring (bicyclic) bond motifs is 1. The van der Waals surface area contributed by atoms with Crippen LogP contribution in [0.3, 0.4) is 0 Å². The van der Waals surface area contributed by atoms with Crippen LogP contribution in [0, 0.1) is 6.92 Å². The Bertz CT molecular complexity index is 1520. The van der Waals surface area contributed by atoms with Crippen molar-refractivity contribution in [2.75, 3.05) is 5.32 Å². The Morgan fingerprint density at radius 3 is 2.50 bits per heavy atom. The number of amides is 2. The summed E-state index contributed by atoms with van der Waals surface area (Å²) in [4.78, 5) is 37.3. The molecule has 0 aliphatic heterocycles. The van der Waals surface area contributed by atoms with Crippen LogP contribution in [-0.4, -0.2) is 24.0 Å². The molecule has 0 unspecified atom stereocenters. The van der Waals surface area contributed by atoms with E-state index in [0.717, 1.165) is 16.3 Å². The van der Waals surface area contributed by atoms with E-state index in [1.165, 1.54) is 18.3 Å². The van der Waals surface area contributed by atoms with E-state index in [1.807, 2.05) is 43.3 Å². The fourth-order valence-corrected chi connectivity index (χ4v) is 3.74. The molecule has 0 spiro atoms. The van der Waals surface area contributed by atoms with Gasteiger partial charge in [0.2, 0.25) is 0 Å². The minimum Gasteiger partial charge on any atom is -0.422 e. The number of ether oxygens (including phenoxy) is 1. The average Bonchev–Trinajstić information content (AvgIpc) is 2.87. The second kappa shape index (κ2) is 11.0. The van der Waals surface area contributed by atoms with Crippen molar-refractivity contribution >= 4 is 63.7 Å². The van der Waals surface area contributed by atoms with Gasteiger partial charge in [0.05, 0.1) is 22.5 Å². The number of hydrogen-bond donors (Lipinski definition) is 2. The van der Waals surface area contributed by atoms with Crippen molar-refractivity contribution in [1.82, 2.24) is 5.43 Å². The first-order chi connectivity index (χ1) is 17.3. The van der Waals surface area contributed by atoms with Crippen molar-refractivity contribution in [2.24, 2.45) is 5.10 Å². The van der Waals surface area contributed by atoms with E-state index >= 15 is 0 Å². The van der Waals surface area contributed by atoms with Crippen LogP contribution >= 0.6 is 23.2 Å². The van der Waals surface area contributed by atoms with Gasteiger partial charge in [-0.15, -0.1) is 0 Å². The number of nitrogens with one attached hydrogen (secondary N) is 2. The maximum absolute atomic E-state index is 12.7. The lowest BCUT2D eigenvalue weighted by Crippen LogP contribution is -2.32. The van der Waals surface area contributed by atoms with E-state index in [1.54, 1.807) is 30.3 Å². The molecular formula is C27H19Cl2N3O4. The molecule has 9 heteroatoms. The topological polar surface area (TPSA) is 96.9 Å². The fourth-order valence-electron chi connectivity index (χ4n) is 3.41. The van der Waals surface area contributed by atoms with Crippen LogP contribution in [-0.2, 0) is 9.59 Å². The smallest absolute Gasteiger partial charge is 0.343 e.